The lowest BCUT2D eigenvalue weighted by molar-refractivity contribution is -0.139. The van der Waals surface area contributed by atoms with Gasteiger partial charge in [-0.05, 0) is 38.8 Å². The molecule has 2 aliphatic heterocycles. The van der Waals surface area contributed by atoms with E-state index < -0.39 is 27.0 Å². The molecular weight excluding hydrogens is 410 g/mol. The van der Waals surface area contributed by atoms with Crippen molar-refractivity contribution in [3.05, 3.63) is 38.7 Å². The van der Waals surface area contributed by atoms with Crippen molar-refractivity contribution in [3.8, 4) is 5.75 Å². The number of sulfone groups is 1. The van der Waals surface area contributed by atoms with Crippen LogP contribution in [0, 0.1) is 13.8 Å². The largest absolute Gasteiger partial charge is 0.477 e. The van der Waals surface area contributed by atoms with E-state index in [1.807, 2.05) is 19.9 Å². The number of rotatable bonds is 3. The zero-order valence-electron chi connectivity index (χ0n) is 17.5. The number of fused-ring (bicyclic) bond motifs is 2. The molecule has 1 atom stereocenters. The number of nitrogens with zero attached hydrogens (tertiary/aromatic N) is 1. The topological polar surface area (TPSA) is 103 Å². The Kier molecular flexibility index (Phi) is 4.93. The molecule has 30 heavy (non-hydrogen) atoms. The van der Waals surface area contributed by atoms with E-state index in [9.17, 15) is 18.0 Å². The second-order valence-electron chi connectivity index (χ2n) is 8.42. The van der Waals surface area contributed by atoms with Crippen molar-refractivity contribution in [2.75, 3.05) is 25.3 Å². The third kappa shape index (κ3) is 3.39. The van der Waals surface area contributed by atoms with E-state index in [-0.39, 0.29) is 30.2 Å². The minimum absolute atomic E-state index is 0.114. The molecule has 1 aromatic carbocycles. The van der Waals surface area contributed by atoms with Gasteiger partial charge in [0.05, 0.1) is 30.6 Å². The first kappa shape index (κ1) is 20.9. The molecule has 9 heteroatoms. The number of hydrogen-bond donors (Lipinski definition) is 0. The summed E-state index contributed by atoms with van der Waals surface area (Å²) in [7, 11) is -1.77. The maximum absolute atomic E-state index is 12.5. The van der Waals surface area contributed by atoms with Gasteiger partial charge in [0, 0.05) is 28.6 Å². The van der Waals surface area contributed by atoms with Crippen molar-refractivity contribution in [1.82, 2.24) is 4.90 Å². The molecule has 0 spiro atoms. The van der Waals surface area contributed by atoms with Crippen LogP contribution in [-0.2, 0) is 32.3 Å². The maximum atomic E-state index is 12.5. The average molecular weight is 435 g/mol. The van der Waals surface area contributed by atoms with E-state index in [4.69, 9.17) is 13.9 Å². The smallest absolute Gasteiger partial charge is 0.340 e. The van der Waals surface area contributed by atoms with Gasteiger partial charge in [-0.2, -0.15) is 0 Å². The van der Waals surface area contributed by atoms with Crippen LogP contribution in [0.4, 0.5) is 0 Å². The van der Waals surface area contributed by atoms with Crippen molar-refractivity contribution in [1.29, 1.82) is 0 Å². The zero-order valence-corrected chi connectivity index (χ0v) is 18.3. The Hall–Kier alpha value is -2.39. The lowest BCUT2D eigenvalue weighted by Gasteiger charge is -2.40. The third-order valence-electron chi connectivity index (χ3n) is 6.35. The highest BCUT2D eigenvalue weighted by molar-refractivity contribution is 7.91. The minimum atomic E-state index is -3.05. The fraction of sp³-hybridized carbons (Fsp3) is 0.524. The number of hydrogen-bond acceptors (Lipinski definition) is 8. The van der Waals surface area contributed by atoms with Crippen molar-refractivity contribution in [3.63, 3.8) is 0 Å². The number of aryl methyl sites for hydroxylation is 2. The van der Waals surface area contributed by atoms with E-state index in [1.165, 1.54) is 7.11 Å². The summed E-state index contributed by atoms with van der Waals surface area (Å²) in [5.74, 6) is 0.448. The highest BCUT2D eigenvalue weighted by Gasteiger charge is 2.44. The van der Waals surface area contributed by atoms with Gasteiger partial charge in [0.15, 0.2) is 9.84 Å². The summed E-state index contributed by atoms with van der Waals surface area (Å²) in [5.41, 5.74) is 1.96. The Labute approximate surface area is 174 Å². The van der Waals surface area contributed by atoms with Gasteiger partial charge in [0.25, 0.3) is 0 Å². The van der Waals surface area contributed by atoms with Crippen molar-refractivity contribution in [2.24, 2.45) is 0 Å². The van der Waals surface area contributed by atoms with Crippen LogP contribution in [0.2, 0.25) is 0 Å². The molecule has 1 fully saturated rings. The molecule has 1 unspecified atom stereocenters. The Balaban J connectivity index is 1.78. The van der Waals surface area contributed by atoms with Gasteiger partial charge in [-0.15, -0.1) is 0 Å². The Morgan fingerprint density at radius 3 is 2.67 bits per heavy atom. The predicted molar refractivity (Wildman–Crippen MR) is 110 cm³/mol. The van der Waals surface area contributed by atoms with Crippen LogP contribution < -0.4 is 10.4 Å². The van der Waals surface area contributed by atoms with Crippen LogP contribution >= 0.6 is 0 Å². The molecule has 4 rings (SSSR count). The fourth-order valence-electron chi connectivity index (χ4n) is 4.45. The summed E-state index contributed by atoms with van der Waals surface area (Å²) in [4.78, 5) is 26.2. The maximum Gasteiger partial charge on any atom is 0.340 e. The third-order valence-corrected chi connectivity index (χ3v) is 8.24. The molecule has 3 heterocycles. The Morgan fingerprint density at radius 2 is 2.03 bits per heavy atom. The summed E-state index contributed by atoms with van der Waals surface area (Å²) in [6.07, 6.45) is 0.410. The molecule has 0 radical (unpaired) electrons. The van der Waals surface area contributed by atoms with Crippen LogP contribution in [0.5, 0.6) is 5.75 Å². The zero-order chi connectivity index (χ0) is 21.8. The quantitative estimate of drug-likeness (QED) is 0.532. The lowest BCUT2D eigenvalue weighted by atomic mass is 9.95. The van der Waals surface area contributed by atoms with Crippen LogP contribution in [0.25, 0.3) is 11.0 Å². The number of methoxy groups -OCH3 is 1. The van der Waals surface area contributed by atoms with Crippen LogP contribution in [0.3, 0.4) is 0 Å². The first-order chi connectivity index (χ1) is 14.0. The molecule has 162 valence electrons. The van der Waals surface area contributed by atoms with Gasteiger partial charge in [-0.25, -0.2) is 13.2 Å². The van der Waals surface area contributed by atoms with Gasteiger partial charge in [0.1, 0.15) is 18.1 Å². The standard InChI is InChI=1S/C21H25NO7S/c1-12-15-7-14-9-22(21(3)5-6-30(25,26)10-21)11-28-18(14)13(2)19(15)29-20(24)16(12)8-17(23)27-4/h7H,5-6,8-11H2,1-4H3. The molecule has 1 aromatic heterocycles. The first-order valence-corrected chi connectivity index (χ1v) is 11.6. The van der Waals surface area contributed by atoms with Gasteiger partial charge in [-0.3, -0.25) is 9.69 Å². The van der Waals surface area contributed by atoms with Gasteiger partial charge in [0.2, 0.25) is 0 Å². The summed E-state index contributed by atoms with van der Waals surface area (Å²) < 4.78 is 40.3. The van der Waals surface area contributed by atoms with Gasteiger partial charge >= 0.3 is 11.6 Å². The second-order valence-corrected chi connectivity index (χ2v) is 10.6. The van der Waals surface area contributed by atoms with E-state index in [0.29, 0.717) is 29.9 Å². The molecule has 0 N–H and O–H groups in total. The summed E-state index contributed by atoms with van der Waals surface area (Å²) >= 11 is 0. The lowest BCUT2D eigenvalue weighted by Crippen LogP contribution is -2.50. The fourth-order valence-corrected chi connectivity index (χ4v) is 6.62. The molecule has 2 aromatic rings. The number of carbonyl (C=O) groups excluding carboxylic acids is 1. The number of esters is 1. The summed E-state index contributed by atoms with van der Waals surface area (Å²) in [6.45, 7) is 6.38. The van der Waals surface area contributed by atoms with Crippen LogP contribution in [-0.4, -0.2) is 50.2 Å². The Bertz CT molecular complexity index is 1210. The molecule has 0 aliphatic carbocycles. The number of benzene rings is 1. The van der Waals surface area contributed by atoms with Gasteiger partial charge in [-0.1, -0.05) is 0 Å². The highest BCUT2D eigenvalue weighted by atomic mass is 32.2. The highest BCUT2D eigenvalue weighted by Crippen LogP contribution is 2.39. The minimum Gasteiger partial charge on any atom is -0.477 e. The van der Waals surface area contributed by atoms with E-state index in [0.717, 1.165) is 16.5 Å². The monoisotopic (exact) mass is 435 g/mol. The summed E-state index contributed by atoms with van der Waals surface area (Å²) in [5, 5.41) is 0.736. The van der Waals surface area contributed by atoms with Gasteiger partial charge < -0.3 is 13.9 Å². The van der Waals surface area contributed by atoms with Crippen LogP contribution in [0.1, 0.15) is 35.6 Å². The number of ether oxygens (including phenoxy) is 2. The van der Waals surface area contributed by atoms with E-state index >= 15 is 0 Å². The van der Waals surface area contributed by atoms with E-state index in [2.05, 4.69) is 4.90 Å². The second kappa shape index (κ2) is 7.09. The molecular formula is C21H25NO7S. The molecule has 0 bridgehead atoms. The molecule has 0 saturated carbocycles. The molecule has 1 saturated heterocycles. The predicted octanol–water partition coefficient (Wildman–Crippen LogP) is 1.85. The molecule has 2 aliphatic rings. The SMILES string of the molecule is COC(=O)Cc1c(C)c2cc3c(c(C)c2oc1=O)OCN(C1(C)CCS(=O)(=O)C1)C3. The first-order valence-electron chi connectivity index (χ1n) is 9.78. The average Bonchev–Trinajstić information content (AvgIpc) is 2.99. The summed E-state index contributed by atoms with van der Waals surface area (Å²) in [6, 6.07) is 1.91. The van der Waals surface area contributed by atoms with Crippen molar-refractivity contribution >= 4 is 26.8 Å². The van der Waals surface area contributed by atoms with E-state index in [1.54, 1.807) is 6.92 Å². The Morgan fingerprint density at radius 1 is 1.30 bits per heavy atom. The van der Waals surface area contributed by atoms with Crippen molar-refractivity contribution in [2.45, 2.75) is 45.7 Å². The normalized spacial score (nSPS) is 23.2. The molecule has 8 nitrogen and oxygen atoms in total. The van der Waals surface area contributed by atoms with Crippen LogP contribution in [0.15, 0.2) is 15.3 Å². The number of carbonyl (C=O) groups is 1. The van der Waals surface area contributed by atoms with Crippen molar-refractivity contribution < 1.29 is 27.1 Å². The molecule has 0 amide bonds.